The molecule has 0 saturated carbocycles. The van der Waals surface area contributed by atoms with Crippen LogP contribution in [0.5, 0.6) is 0 Å². The van der Waals surface area contributed by atoms with Gasteiger partial charge in [-0.3, -0.25) is 0 Å². The molecule has 0 aliphatic heterocycles. The molecular formula is C11H12ClF3. The molecule has 2 unspecified atom stereocenters. The largest absolute Gasteiger partial charge is 0.400 e. The average molecular weight is 237 g/mol. The summed E-state index contributed by atoms with van der Waals surface area (Å²) in [6, 6.07) is 0. The van der Waals surface area contributed by atoms with Gasteiger partial charge in [-0.25, -0.2) is 0 Å². The minimum absolute atomic E-state index is 0.864. The van der Waals surface area contributed by atoms with Gasteiger partial charge in [0.05, 0.1) is 10.3 Å². The van der Waals surface area contributed by atoms with Gasteiger partial charge >= 0.3 is 6.18 Å². The van der Waals surface area contributed by atoms with Crippen molar-refractivity contribution in [3.8, 4) is 0 Å². The summed E-state index contributed by atoms with van der Waals surface area (Å²) in [5, 5.41) is 0. The fraction of sp³-hybridized carbons (Fsp3) is 0.455. The number of hydrogen-bond donors (Lipinski definition) is 0. The van der Waals surface area contributed by atoms with Gasteiger partial charge in [0.1, 0.15) is 0 Å². The zero-order valence-corrected chi connectivity index (χ0v) is 9.23. The van der Waals surface area contributed by atoms with Gasteiger partial charge < -0.3 is 0 Å². The van der Waals surface area contributed by atoms with Crippen LogP contribution in [-0.2, 0) is 0 Å². The molecule has 15 heavy (non-hydrogen) atoms. The Morgan fingerprint density at radius 1 is 0.933 bits per heavy atom. The van der Waals surface area contributed by atoms with Gasteiger partial charge in [-0.05, 0) is 13.8 Å². The molecule has 0 aromatic carbocycles. The van der Waals surface area contributed by atoms with Crippen LogP contribution in [0, 0.1) is 5.41 Å². The molecule has 1 rings (SSSR count). The molecule has 84 valence electrons. The van der Waals surface area contributed by atoms with E-state index in [0.29, 0.717) is 0 Å². The minimum Gasteiger partial charge on any atom is -0.170 e. The van der Waals surface area contributed by atoms with Gasteiger partial charge in [-0.1, -0.05) is 36.5 Å². The van der Waals surface area contributed by atoms with Crippen molar-refractivity contribution >= 4 is 11.6 Å². The molecule has 0 fully saturated rings. The lowest BCUT2D eigenvalue weighted by atomic mass is 9.86. The van der Waals surface area contributed by atoms with E-state index in [0.717, 1.165) is 19.1 Å². The van der Waals surface area contributed by atoms with Crippen molar-refractivity contribution in [3.63, 3.8) is 0 Å². The third-order valence-electron chi connectivity index (χ3n) is 2.34. The van der Waals surface area contributed by atoms with Gasteiger partial charge in [-0.2, -0.15) is 13.2 Å². The Bertz CT molecular complexity index is 323. The van der Waals surface area contributed by atoms with Gasteiger partial charge in [-0.15, -0.1) is 11.6 Å². The quantitative estimate of drug-likeness (QED) is 0.436. The maximum Gasteiger partial charge on any atom is 0.400 e. The van der Waals surface area contributed by atoms with Crippen molar-refractivity contribution in [2.45, 2.75) is 24.9 Å². The molecule has 0 amide bonds. The number of allylic oxidation sites excluding steroid dienone is 6. The predicted molar refractivity (Wildman–Crippen MR) is 55.8 cm³/mol. The van der Waals surface area contributed by atoms with Crippen LogP contribution >= 0.6 is 11.6 Å². The highest BCUT2D eigenvalue weighted by molar-refractivity contribution is 6.26. The fourth-order valence-corrected chi connectivity index (χ4v) is 1.27. The zero-order chi connectivity index (χ0) is 11.7. The van der Waals surface area contributed by atoms with E-state index in [1.165, 1.54) is 18.2 Å². The molecule has 0 saturated heterocycles. The third-order valence-corrected chi connectivity index (χ3v) is 2.59. The maximum absolute atomic E-state index is 12.7. The number of hydrogen-bond acceptors (Lipinski definition) is 0. The molecule has 2 atom stereocenters. The van der Waals surface area contributed by atoms with E-state index in [1.54, 1.807) is 13.0 Å². The smallest absolute Gasteiger partial charge is 0.170 e. The van der Waals surface area contributed by atoms with E-state index < -0.39 is 16.5 Å². The van der Waals surface area contributed by atoms with E-state index in [1.807, 2.05) is 0 Å². The van der Waals surface area contributed by atoms with Crippen LogP contribution in [0.15, 0.2) is 36.5 Å². The molecular weight excluding hydrogens is 225 g/mol. The van der Waals surface area contributed by atoms with Crippen molar-refractivity contribution in [3.05, 3.63) is 36.5 Å². The van der Waals surface area contributed by atoms with E-state index in [-0.39, 0.29) is 0 Å². The SMILES string of the molecule is CC1(Cl)C=CC(C)(C(F)(F)F)/C=C\C=C/1. The van der Waals surface area contributed by atoms with Gasteiger partial charge in [0.15, 0.2) is 0 Å². The topological polar surface area (TPSA) is 0 Å². The number of halogens is 4. The Hall–Kier alpha value is -0.700. The standard InChI is InChI=1S/C11H12ClF3/c1-9(11(13,14)15)5-3-4-6-10(2,12)8-7-9/h3-8H,1-2H3/b5-3-,6-4-,8-7?. The number of rotatable bonds is 0. The molecule has 0 N–H and O–H groups in total. The summed E-state index contributed by atoms with van der Waals surface area (Å²) in [6.45, 7) is 2.75. The summed E-state index contributed by atoms with van der Waals surface area (Å²) < 4.78 is 38.2. The molecule has 0 heterocycles. The van der Waals surface area contributed by atoms with Crippen LogP contribution in [0.2, 0.25) is 0 Å². The minimum atomic E-state index is -4.31. The Balaban J connectivity index is 3.15. The Morgan fingerprint density at radius 3 is 2.00 bits per heavy atom. The molecule has 4 heteroatoms. The first kappa shape index (κ1) is 12.4. The molecule has 1 aliphatic carbocycles. The first-order valence-electron chi connectivity index (χ1n) is 4.49. The monoisotopic (exact) mass is 236 g/mol. The van der Waals surface area contributed by atoms with Crippen molar-refractivity contribution in [1.82, 2.24) is 0 Å². The van der Waals surface area contributed by atoms with Crippen LogP contribution < -0.4 is 0 Å². The maximum atomic E-state index is 12.7. The Morgan fingerprint density at radius 2 is 1.47 bits per heavy atom. The van der Waals surface area contributed by atoms with Crippen LogP contribution in [0.25, 0.3) is 0 Å². The van der Waals surface area contributed by atoms with Crippen molar-refractivity contribution in [2.24, 2.45) is 5.41 Å². The molecule has 0 bridgehead atoms. The van der Waals surface area contributed by atoms with Gasteiger partial charge in [0.2, 0.25) is 0 Å². The Kier molecular flexibility index (Phi) is 3.06. The van der Waals surface area contributed by atoms with E-state index >= 15 is 0 Å². The van der Waals surface area contributed by atoms with Gasteiger partial charge in [0, 0.05) is 0 Å². The van der Waals surface area contributed by atoms with E-state index in [9.17, 15) is 13.2 Å². The second kappa shape index (κ2) is 3.71. The first-order valence-corrected chi connectivity index (χ1v) is 4.87. The summed E-state index contributed by atoms with van der Waals surface area (Å²) >= 11 is 5.95. The summed E-state index contributed by atoms with van der Waals surface area (Å²) in [4.78, 5) is -0.864. The highest BCUT2D eigenvalue weighted by Crippen LogP contribution is 2.42. The second-order valence-electron chi connectivity index (χ2n) is 3.98. The van der Waals surface area contributed by atoms with E-state index in [2.05, 4.69) is 0 Å². The molecule has 0 spiro atoms. The van der Waals surface area contributed by atoms with Crippen LogP contribution in [0.1, 0.15) is 13.8 Å². The van der Waals surface area contributed by atoms with E-state index in [4.69, 9.17) is 11.6 Å². The lowest BCUT2D eigenvalue weighted by Gasteiger charge is -2.27. The summed E-state index contributed by atoms with van der Waals surface area (Å²) in [5.41, 5.74) is -1.95. The van der Waals surface area contributed by atoms with Gasteiger partial charge in [0.25, 0.3) is 0 Å². The second-order valence-corrected chi connectivity index (χ2v) is 4.80. The summed E-state index contributed by atoms with van der Waals surface area (Å²) in [6.07, 6.45) is 3.81. The number of alkyl halides is 4. The average Bonchev–Trinajstić information content (AvgIpc) is 2.05. The summed E-state index contributed by atoms with van der Waals surface area (Å²) in [7, 11) is 0. The lowest BCUT2D eigenvalue weighted by molar-refractivity contribution is -0.183. The van der Waals surface area contributed by atoms with Crippen molar-refractivity contribution < 1.29 is 13.2 Å². The predicted octanol–water partition coefficient (Wildman–Crippen LogP) is 4.23. The Labute approximate surface area is 92.1 Å². The summed E-state index contributed by atoms with van der Waals surface area (Å²) in [5.74, 6) is 0. The first-order chi connectivity index (χ1) is 6.66. The lowest BCUT2D eigenvalue weighted by Crippen LogP contribution is -2.32. The normalized spacial score (nSPS) is 40.7. The highest BCUT2D eigenvalue weighted by Gasteiger charge is 2.47. The molecule has 0 aromatic heterocycles. The zero-order valence-electron chi connectivity index (χ0n) is 8.48. The van der Waals surface area contributed by atoms with Crippen LogP contribution in [-0.4, -0.2) is 11.1 Å². The highest BCUT2D eigenvalue weighted by atomic mass is 35.5. The van der Waals surface area contributed by atoms with Crippen molar-refractivity contribution in [1.29, 1.82) is 0 Å². The molecule has 0 aromatic rings. The third kappa shape index (κ3) is 2.88. The molecule has 1 aliphatic rings. The van der Waals surface area contributed by atoms with Crippen LogP contribution in [0.3, 0.4) is 0 Å². The fourth-order valence-electron chi connectivity index (χ4n) is 1.14. The molecule has 0 nitrogen and oxygen atoms in total. The van der Waals surface area contributed by atoms with Crippen LogP contribution in [0.4, 0.5) is 13.2 Å². The molecule has 0 radical (unpaired) electrons. The van der Waals surface area contributed by atoms with Crippen molar-refractivity contribution in [2.75, 3.05) is 0 Å².